The van der Waals surface area contributed by atoms with E-state index in [0.717, 1.165) is 34.3 Å². The summed E-state index contributed by atoms with van der Waals surface area (Å²) in [5, 5.41) is 6.17. The number of likely N-dealkylation sites (N-methyl/N-ethyl adjacent to an activating group) is 1. The van der Waals surface area contributed by atoms with Gasteiger partial charge in [-0.1, -0.05) is 48.5 Å². The molecule has 1 amide bonds. The molecule has 0 radical (unpaired) electrons. The van der Waals surface area contributed by atoms with Gasteiger partial charge in [-0.2, -0.15) is 13.2 Å². The fourth-order valence-electron chi connectivity index (χ4n) is 4.11. The average molecular weight is 482 g/mol. The molecule has 2 atom stereocenters. The normalized spacial score (nSPS) is 13.5. The van der Waals surface area contributed by atoms with E-state index in [1.54, 1.807) is 14.0 Å². The van der Waals surface area contributed by atoms with E-state index in [0.29, 0.717) is 24.3 Å². The molecule has 0 fully saturated rings. The minimum atomic E-state index is -4.37. The van der Waals surface area contributed by atoms with Crippen LogP contribution in [0, 0.1) is 6.92 Å². The lowest BCUT2D eigenvalue weighted by atomic mass is 9.95. The molecule has 0 unspecified atom stereocenters. The third-order valence-electron chi connectivity index (χ3n) is 5.93. The Hall–Kier alpha value is -3.65. The number of aryl methyl sites for hydroxylation is 2. The number of fused-ring (bicyclic) bond motifs is 1. The Balaban J connectivity index is 1.63. The molecule has 0 bridgehead atoms. The highest BCUT2D eigenvalue weighted by molar-refractivity contribution is 5.83. The first-order chi connectivity index (χ1) is 16.7. The SMILES string of the molecule is CNC(=O)[C@@H](N[C@@H](CCc1ccc(C(F)(F)F)cc1)c1ccc2nc(C)oc2c1)c1ccccc1. The van der Waals surface area contributed by atoms with E-state index in [4.69, 9.17) is 4.42 Å². The van der Waals surface area contributed by atoms with Crippen LogP contribution < -0.4 is 10.6 Å². The van der Waals surface area contributed by atoms with Gasteiger partial charge in [0.05, 0.1) is 5.56 Å². The first kappa shape index (κ1) is 24.5. The molecular weight excluding hydrogens is 455 g/mol. The summed E-state index contributed by atoms with van der Waals surface area (Å²) in [5.41, 5.74) is 3.17. The van der Waals surface area contributed by atoms with Gasteiger partial charge in [0, 0.05) is 20.0 Å². The van der Waals surface area contributed by atoms with Gasteiger partial charge in [-0.3, -0.25) is 10.1 Å². The Morgan fingerprint density at radius 3 is 2.37 bits per heavy atom. The van der Waals surface area contributed by atoms with Crippen molar-refractivity contribution in [3.8, 4) is 0 Å². The molecule has 1 aromatic heterocycles. The van der Waals surface area contributed by atoms with Crippen LogP contribution >= 0.6 is 0 Å². The lowest BCUT2D eigenvalue weighted by Crippen LogP contribution is -2.38. The number of halogens is 3. The molecular formula is C27H26F3N3O2. The molecule has 4 rings (SSSR count). The number of nitrogens with one attached hydrogen (secondary N) is 2. The topological polar surface area (TPSA) is 67.2 Å². The van der Waals surface area contributed by atoms with Crippen LogP contribution in [0.1, 0.15) is 46.6 Å². The highest BCUT2D eigenvalue weighted by Gasteiger charge is 2.30. The summed E-state index contributed by atoms with van der Waals surface area (Å²) in [6.07, 6.45) is -3.31. The van der Waals surface area contributed by atoms with Crippen molar-refractivity contribution in [3.63, 3.8) is 0 Å². The minimum Gasteiger partial charge on any atom is -0.441 e. The molecule has 35 heavy (non-hydrogen) atoms. The number of carbonyl (C=O) groups is 1. The van der Waals surface area contributed by atoms with E-state index in [-0.39, 0.29) is 11.9 Å². The largest absolute Gasteiger partial charge is 0.441 e. The zero-order valence-electron chi connectivity index (χ0n) is 19.4. The van der Waals surface area contributed by atoms with Crippen LogP contribution in [0.4, 0.5) is 13.2 Å². The monoisotopic (exact) mass is 481 g/mol. The van der Waals surface area contributed by atoms with Crippen LogP contribution in [0.15, 0.2) is 77.2 Å². The number of benzene rings is 3. The fraction of sp³-hybridized carbons (Fsp3) is 0.259. The van der Waals surface area contributed by atoms with Gasteiger partial charge in [0.2, 0.25) is 5.91 Å². The van der Waals surface area contributed by atoms with Crippen molar-refractivity contribution in [2.24, 2.45) is 0 Å². The number of oxazole rings is 1. The maximum absolute atomic E-state index is 12.9. The zero-order chi connectivity index (χ0) is 25.0. The number of aromatic nitrogens is 1. The summed E-state index contributed by atoms with van der Waals surface area (Å²) in [5.74, 6) is 0.367. The van der Waals surface area contributed by atoms with Crippen molar-refractivity contribution in [2.75, 3.05) is 7.05 Å². The number of rotatable bonds is 8. The van der Waals surface area contributed by atoms with Crippen molar-refractivity contribution in [1.29, 1.82) is 0 Å². The van der Waals surface area contributed by atoms with Gasteiger partial charge >= 0.3 is 6.18 Å². The van der Waals surface area contributed by atoms with E-state index in [1.165, 1.54) is 12.1 Å². The van der Waals surface area contributed by atoms with Crippen LogP contribution in [-0.4, -0.2) is 17.9 Å². The van der Waals surface area contributed by atoms with Crippen molar-refractivity contribution in [1.82, 2.24) is 15.6 Å². The van der Waals surface area contributed by atoms with E-state index < -0.39 is 17.8 Å². The summed E-state index contributed by atoms with van der Waals surface area (Å²) >= 11 is 0. The van der Waals surface area contributed by atoms with Gasteiger partial charge in [0.15, 0.2) is 11.5 Å². The summed E-state index contributed by atoms with van der Waals surface area (Å²) in [6.45, 7) is 1.77. The van der Waals surface area contributed by atoms with Crippen LogP contribution in [-0.2, 0) is 17.4 Å². The standard InChI is InChI=1S/C27H26F3N3O2/c1-17-32-23-15-11-20(16-24(23)35-17)22(14-10-18-8-12-21(13-9-18)27(28,29)30)33-25(26(34)31-2)19-6-4-3-5-7-19/h3-9,11-13,15-16,22,25,33H,10,14H2,1-2H3,(H,31,34)/t22-,25-/m0/s1. The Bertz CT molecular complexity index is 1280. The first-order valence-electron chi connectivity index (χ1n) is 11.3. The highest BCUT2D eigenvalue weighted by Crippen LogP contribution is 2.31. The third-order valence-corrected chi connectivity index (χ3v) is 5.93. The molecule has 0 saturated heterocycles. The molecule has 0 aliphatic rings. The molecule has 182 valence electrons. The average Bonchev–Trinajstić information content (AvgIpc) is 3.23. The quantitative estimate of drug-likeness (QED) is 0.329. The Kier molecular flexibility index (Phi) is 7.21. The molecule has 0 aliphatic carbocycles. The Morgan fingerprint density at radius 2 is 1.71 bits per heavy atom. The van der Waals surface area contributed by atoms with Crippen LogP contribution in [0.25, 0.3) is 11.1 Å². The number of nitrogens with zero attached hydrogens (tertiary/aromatic N) is 1. The second kappa shape index (κ2) is 10.3. The van der Waals surface area contributed by atoms with Gasteiger partial charge in [-0.05, 0) is 53.8 Å². The van der Waals surface area contributed by atoms with E-state index >= 15 is 0 Å². The highest BCUT2D eigenvalue weighted by atomic mass is 19.4. The summed E-state index contributed by atoms with van der Waals surface area (Å²) in [6, 6.07) is 19.3. The first-order valence-corrected chi connectivity index (χ1v) is 11.3. The van der Waals surface area contributed by atoms with Crippen molar-refractivity contribution >= 4 is 17.0 Å². The predicted molar refractivity (Wildman–Crippen MR) is 128 cm³/mol. The summed E-state index contributed by atoms with van der Waals surface area (Å²) in [7, 11) is 1.58. The van der Waals surface area contributed by atoms with E-state index in [2.05, 4.69) is 15.6 Å². The molecule has 4 aromatic rings. The molecule has 5 nitrogen and oxygen atoms in total. The maximum Gasteiger partial charge on any atom is 0.416 e. The number of hydrogen-bond acceptors (Lipinski definition) is 4. The molecule has 0 spiro atoms. The van der Waals surface area contributed by atoms with Gasteiger partial charge in [0.1, 0.15) is 11.6 Å². The van der Waals surface area contributed by atoms with Gasteiger partial charge in [0.25, 0.3) is 0 Å². The summed E-state index contributed by atoms with van der Waals surface area (Å²) in [4.78, 5) is 17.1. The lowest BCUT2D eigenvalue weighted by Gasteiger charge is -2.26. The van der Waals surface area contributed by atoms with Gasteiger partial charge < -0.3 is 9.73 Å². The van der Waals surface area contributed by atoms with Crippen LogP contribution in [0.3, 0.4) is 0 Å². The van der Waals surface area contributed by atoms with Crippen molar-refractivity contribution in [2.45, 2.75) is 38.0 Å². The van der Waals surface area contributed by atoms with Crippen molar-refractivity contribution < 1.29 is 22.4 Å². The molecule has 0 saturated carbocycles. The van der Waals surface area contributed by atoms with E-state index in [1.807, 2.05) is 48.5 Å². The molecule has 8 heteroatoms. The van der Waals surface area contributed by atoms with E-state index in [9.17, 15) is 18.0 Å². The fourth-order valence-corrected chi connectivity index (χ4v) is 4.11. The van der Waals surface area contributed by atoms with Gasteiger partial charge in [-0.15, -0.1) is 0 Å². The molecule has 0 aliphatic heterocycles. The smallest absolute Gasteiger partial charge is 0.416 e. The number of alkyl halides is 3. The van der Waals surface area contributed by atoms with Crippen LogP contribution in [0.2, 0.25) is 0 Å². The zero-order valence-corrected chi connectivity index (χ0v) is 19.4. The predicted octanol–water partition coefficient (Wildman–Crippen LogP) is 5.91. The van der Waals surface area contributed by atoms with Gasteiger partial charge in [-0.25, -0.2) is 4.98 Å². The molecule has 1 heterocycles. The maximum atomic E-state index is 12.9. The summed E-state index contributed by atoms with van der Waals surface area (Å²) < 4.78 is 44.5. The number of hydrogen-bond donors (Lipinski definition) is 2. The third kappa shape index (κ3) is 5.89. The second-order valence-electron chi connectivity index (χ2n) is 8.37. The minimum absolute atomic E-state index is 0.188. The number of carbonyl (C=O) groups excluding carboxylic acids is 1. The second-order valence-corrected chi connectivity index (χ2v) is 8.37. The molecule has 2 N–H and O–H groups in total. The van der Waals surface area contributed by atoms with Crippen molar-refractivity contribution in [3.05, 3.63) is 101 Å². The Morgan fingerprint density at radius 1 is 1.00 bits per heavy atom. The lowest BCUT2D eigenvalue weighted by molar-refractivity contribution is -0.137. The Labute approximate surface area is 201 Å². The number of amides is 1. The molecule has 3 aromatic carbocycles. The van der Waals surface area contributed by atoms with Crippen LogP contribution in [0.5, 0.6) is 0 Å².